The molecule has 1 N–H and O–H groups in total. The summed E-state index contributed by atoms with van der Waals surface area (Å²) in [5.74, 6) is -0.0380. The zero-order chi connectivity index (χ0) is 16.5. The molecule has 0 saturated heterocycles. The second-order valence-electron chi connectivity index (χ2n) is 5.81. The smallest absolute Gasteiger partial charge is 0.262 e. The molecular weight excluding hydrogens is 357 g/mol. The van der Waals surface area contributed by atoms with E-state index in [2.05, 4.69) is 4.72 Å². The highest BCUT2D eigenvalue weighted by Gasteiger charge is 2.19. The molecule has 0 atom stereocenters. The summed E-state index contributed by atoms with van der Waals surface area (Å²) < 4.78 is 48.7. The first-order chi connectivity index (χ1) is 9.30. The fourth-order valence-electron chi connectivity index (χ4n) is 1.43. The van der Waals surface area contributed by atoms with Crippen molar-refractivity contribution in [3.8, 4) is 0 Å². The maximum atomic E-state index is 11.9. The fraction of sp³-hybridized carbons (Fsp3) is 0.500. The average molecular weight is 374 g/mol. The van der Waals surface area contributed by atoms with Crippen LogP contribution in [0.2, 0.25) is 5.02 Å². The Bertz CT molecular complexity index is 722. The van der Waals surface area contributed by atoms with Crippen LogP contribution in [0.1, 0.15) is 27.2 Å². The van der Waals surface area contributed by atoms with E-state index < -0.39 is 19.1 Å². The van der Waals surface area contributed by atoms with Gasteiger partial charge in [0.05, 0.1) is 16.5 Å². The van der Waals surface area contributed by atoms with E-state index in [4.69, 9.17) is 22.3 Å². The quantitative estimate of drug-likeness (QED) is 0.801. The van der Waals surface area contributed by atoms with Crippen molar-refractivity contribution < 1.29 is 16.8 Å². The topological polar surface area (TPSA) is 80.3 Å². The van der Waals surface area contributed by atoms with Gasteiger partial charge >= 0.3 is 0 Å². The molecular formula is C12H17Cl2NO4S2. The predicted octanol–water partition coefficient (Wildman–Crippen LogP) is 3.45. The lowest BCUT2D eigenvalue weighted by molar-refractivity contribution is 0.397. The van der Waals surface area contributed by atoms with Crippen LogP contribution in [-0.2, 0) is 19.1 Å². The molecule has 21 heavy (non-hydrogen) atoms. The lowest BCUT2D eigenvalue weighted by atomic mass is 9.94. The molecule has 1 rings (SSSR count). The zero-order valence-corrected chi connectivity index (χ0v) is 15.0. The van der Waals surface area contributed by atoms with E-state index in [1.54, 1.807) is 0 Å². The molecule has 0 saturated carbocycles. The Hall–Kier alpha value is -0.500. The van der Waals surface area contributed by atoms with E-state index in [1.165, 1.54) is 12.1 Å². The molecule has 9 heteroatoms. The van der Waals surface area contributed by atoms with Crippen LogP contribution in [0.5, 0.6) is 0 Å². The first-order valence-corrected chi connectivity index (χ1v) is 10.4. The van der Waals surface area contributed by atoms with Gasteiger partial charge in [-0.1, -0.05) is 32.4 Å². The molecule has 0 aliphatic carbocycles. The van der Waals surface area contributed by atoms with Crippen LogP contribution in [0.15, 0.2) is 23.1 Å². The lowest BCUT2D eigenvalue weighted by Crippen LogP contribution is -2.20. The maximum Gasteiger partial charge on any atom is 0.262 e. The monoisotopic (exact) mass is 373 g/mol. The van der Waals surface area contributed by atoms with Gasteiger partial charge in [0.2, 0.25) is 10.0 Å². The highest BCUT2D eigenvalue weighted by Crippen LogP contribution is 2.28. The molecule has 0 heterocycles. The second-order valence-corrected chi connectivity index (χ2v) is 10.6. The maximum absolute atomic E-state index is 11.9. The molecule has 0 amide bonds. The van der Waals surface area contributed by atoms with Gasteiger partial charge in [-0.15, -0.1) is 0 Å². The van der Waals surface area contributed by atoms with E-state index in [0.717, 1.165) is 6.07 Å². The van der Waals surface area contributed by atoms with Crippen LogP contribution >= 0.6 is 22.3 Å². The minimum absolute atomic E-state index is 0.0380. The van der Waals surface area contributed by atoms with Gasteiger partial charge in [0.15, 0.2) is 0 Å². The van der Waals surface area contributed by atoms with Crippen LogP contribution in [0.4, 0.5) is 5.69 Å². The molecule has 120 valence electrons. The zero-order valence-electron chi connectivity index (χ0n) is 11.9. The Labute approximate surface area is 135 Å². The summed E-state index contributed by atoms with van der Waals surface area (Å²) in [5.41, 5.74) is 0.0844. The number of hydrogen-bond acceptors (Lipinski definition) is 4. The summed E-state index contributed by atoms with van der Waals surface area (Å²) in [6.07, 6.45) is 0.490. The van der Waals surface area contributed by atoms with E-state index in [1.807, 2.05) is 20.8 Å². The Morgan fingerprint density at radius 3 is 2.14 bits per heavy atom. The SMILES string of the molecule is CC(C)(C)CCS(=O)(=O)Nc1ccc(S(=O)(=O)Cl)c(Cl)c1. The van der Waals surface area contributed by atoms with Crippen molar-refractivity contribution in [1.29, 1.82) is 0 Å². The summed E-state index contributed by atoms with van der Waals surface area (Å²) in [7, 11) is -2.29. The predicted molar refractivity (Wildman–Crippen MR) is 86.0 cm³/mol. The number of hydrogen-bond donors (Lipinski definition) is 1. The van der Waals surface area contributed by atoms with E-state index >= 15 is 0 Å². The first kappa shape index (κ1) is 18.5. The minimum atomic E-state index is -3.96. The Kier molecular flexibility index (Phi) is 5.58. The van der Waals surface area contributed by atoms with Gasteiger partial charge in [-0.25, -0.2) is 16.8 Å². The number of halogens is 2. The Balaban J connectivity index is 2.92. The number of benzene rings is 1. The van der Waals surface area contributed by atoms with Gasteiger partial charge in [0.1, 0.15) is 4.90 Å². The third-order valence-corrected chi connectivity index (χ3v) is 5.68. The van der Waals surface area contributed by atoms with Crippen molar-refractivity contribution >= 4 is 47.0 Å². The standard InChI is InChI=1S/C12H17Cl2NO4S2/c1-12(2,3)6-7-20(16,17)15-9-4-5-11(10(13)8-9)21(14,18)19/h4-5,8,15H,6-7H2,1-3H3. The van der Waals surface area contributed by atoms with Crippen molar-refractivity contribution in [2.45, 2.75) is 32.1 Å². The number of rotatable bonds is 5. The normalized spacial score (nSPS) is 13.2. The molecule has 0 bridgehead atoms. The number of anilines is 1. The van der Waals surface area contributed by atoms with Crippen molar-refractivity contribution in [2.75, 3.05) is 10.5 Å². The summed E-state index contributed by atoms with van der Waals surface area (Å²) in [5, 5.41) is -0.138. The molecule has 0 fully saturated rings. The van der Waals surface area contributed by atoms with Crippen molar-refractivity contribution in [3.05, 3.63) is 23.2 Å². The van der Waals surface area contributed by atoms with Gasteiger partial charge in [-0.2, -0.15) is 0 Å². The van der Waals surface area contributed by atoms with Crippen LogP contribution in [-0.4, -0.2) is 22.6 Å². The molecule has 0 radical (unpaired) electrons. The average Bonchev–Trinajstić information content (AvgIpc) is 2.23. The van der Waals surface area contributed by atoms with Gasteiger partial charge < -0.3 is 0 Å². The van der Waals surface area contributed by atoms with E-state index in [9.17, 15) is 16.8 Å². The van der Waals surface area contributed by atoms with Crippen LogP contribution in [0, 0.1) is 5.41 Å². The largest absolute Gasteiger partial charge is 0.284 e. The van der Waals surface area contributed by atoms with Gasteiger partial charge in [0.25, 0.3) is 9.05 Å². The van der Waals surface area contributed by atoms with E-state index in [-0.39, 0.29) is 26.8 Å². The fourth-order valence-corrected chi connectivity index (χ4v) is 4.43. The van der Waals surface area contributed by atoms with Crippen LogP contribution in [0.3, 0.4) is 0 Å². The van der Waals surface area contributed by atoms with Gasteiger partial charge in [-0.3, -0.25) is 4.72 Å². The Morgan fingerprint density at radius 2 is 1.71 bits per heavy atom. The van der Waals surface area contributed by atoms with E-state index in [0.29, 0.717) is 6.42 Å². The van der Waals surface area contributed by atoms with Crippen molar-refractivity contribution in [2.24, 2.45) is 5.41 Å². The van der Waals surface area contributed by atoms with Crippen molar-refractivity contribution in [1.82, 2.24) is 0 Å². The molecule has 1 aromatic carbocycles. The Morgan fingerprint density at radius 1 is 1.14 bits per heavy atom. The van der Waals surface area contributed by atoms with Crippen LogP contribution in [0.25, 0.3) is 0 Å². The highest BCUT2D eigenvalue weighted by molar-refractivity contribution is 8.13. The molecule has 0 aliphatic heterocycles. The molecule has 0 aromatic heterocycles. The number of sulfonamides is 1. The summed E-state index contributed by atoms with van der Waals surface area (Å²) in [6, 6.07) is 3.67. The second kappa shape index (κ2) is 6.32. The summed E-state index contributed by atoms with van der Waals surface area (Å²) >= 11 is 5.79. The first-order valence-electron chi connectivity index (χ1n) is 6.05. The summed E-state index contributed by atoms with van der Waals surface area (Å²) in [6.45, 7) is 5.83. The van der Waals surface area contributed by atoms with Crippen LogP contribution < -0.4 is 4.72 Å². The number of nitrogens with one attached hydrogen (secondary N) is 1. The minimum Gasteiger partial charge on any atom is -0.284 e. The molecule has 0 spiro atoms. The molecule has 0 aliphatic rings. The van der Waals surface area contributed by atoms with Crippen molar-refractivity contribution in [3.63, 3.8) is 0 Å². The third kappa shape index (κ3) is 6.42. The molecule has 0 unspecified atom stereocenters. The molecule has 5 nitrogen and oxygen atoms in total. The van der Waals surface area contributed by atoms with Gasteiger partial charge in [-0.05, 0) is 30.0 Å². The third-order valence-electron chi connectivity index (χ3n) is 2.59. The highest BCUT2D eigenvalue weighted by atomic mass is 35.7. The summed E-state index contributed by atoms with van der Waals surface area (Å²) in [4.78, 5) is -0.261. The molecule has 1 aromatic rings. The van der Waals surface area contributed by atoms with Gasteiger partial charge in [0, 0.05) is 10.7 Å². The lowest BCUT2D eigenvalue weighted by Gasteiger charge is -2.18.